The Morgan fingerprint density at radius 3 is 2.46 bits per heavy atom. The molecule has 1 aliphatic heterocycles. The number of amides is 1. The number of fused-ring (bicyclic) bond motifs is 1. The average Bonchev–Trinajstić information content (AvgIpc) is 3.09. The second-order valence-electron chi connectivity index (χ2n) is 8.02. The monoisotopic (exact) mass is 380 g/mol. The van der Waals surface area contributed by atoms with E-state index in [0.29, 0.717) is 13.0 Å². The third-order valence-electron chi connectivity index (χ3n) is 5.82. The summed E-state index contributed by atoms with van der Waals surface area (Å²) >= 11 is 0. The second kappa shape index (κ2) is 7.97. The van der Waals surface area contributed by atoms with E-state index in [2.05, 4.69) is 58.3 Å². The van der Waals surface area contributed by atoms with Gasteiger partial charge in [0.05, 0.1) is 17.9 Å². The summed E-state index contributed by atoms with van der Waals surface area (Å²) < 4.78 is 5.93. The smallest absolute Gasteiger partial charge is 0.241 e. The minimum absolute atomic E-state index is 0.105. The number of rotatable bonds is 5. The molecule has 2 atom stereocenters. The molecule has 1 N–H and O–H groups in total. The number of benzene rings is 1. The van der Waals surface area contributed by atoms with Crippen molar-refractivity contribution < 1.29 is 9.53 Å². The van der Waals surface area contributed by atoms with E-state index < -0.39 is 5.54 Å². The molecular formula is C22H28N4O2. The fraction of sp³-hybridized carbons (Fsp3) is 0.500. The Balaban J connectivity index is 1.53. The van der Waals surface area contributed by atoms with Crippen LogP contribution >= 0.6 is 0 Å². The Morgan fingerprint density at radius 2 is 1.86 bits per heavy atom. The maximum absolute atomic E-state index is 13.5. The normalized spacial score (nSPS) is 23.9. The molecule has 1 aromatic carbocycles. The Kier molecular flexibility index (Phi) is 5.42. The van der Waals surface area contributed by atoms with E-state index in [1.165, 1.54) is 11.1 Å². The molecule has 0 spiro atoms. The summed E-state index contributed by atoms with van der Waals surface area (Å²) in [6, 6.07) is 8.42. The van der Waals surface area contributed by atoms with Crippen LogP contribution in [-0.2, 0) is 28.8 Å². The van der Waals surface area contributed by atoms with Crippen LogP contribution in [0.1, 0.15) is 30.7 Å². The first-order chi connectivity index (χ1) is 13.6. The molecule has 6 heteroatoms. The molecule has 1 fully saturated rings. The quantitative estimate of drug-likeness (QED) is 0.857. The van der Waals surface area contributed by atoms with Crippen LogP contribution in [0, 0.1) is 0 Å². The summed E-state index contributed by atoms with van der Waals surface area (Å²) in [5.41, 5.74) is 2.90. The Morgan fingerprint density at radius 1 is 1.18 bits per heavy atom. The summed E-state index contributed by atoms with van der Waals surface area (Å²) in [6.45, 7) is 6.28. The molecule has 2 heterocycles. The number of nitrogens with zero attached hydrogens (tertiary/aromatic N) is 3. The second-order valence-corrected chi connectivity index (χ2v) is 8.02. The lowest BCUT2D eigenvalue weighted by atomic mass is 9.90. The molecule has 1 aliphatic carbocycles. The van der Waals surface area contributed by atoms with Crippen molar-refractivity contribution in [1.82, 2.24) is 20.2 Å². The van der Waals surface area contributed by atoms with Crippen molar-refractivity contribution >= 4 is 5.91 Å². The van der Waals surface area contributed by atoms with Gasteiger partial charge >= 0.3 is 0 Å². The number of aromatic nitrogens is 2. The maximum atomic E-state index is 13.5. The average molecular weight is 380 g/mol. The van der Waals surface area contributed by atoms with Crippen molar-refractivity contribution in [2.45, 2.75) is 50.9 Å². The first-order valence-electron chi connectivity index (χ1n) is 10.1. The minimum atomic E-state index is -0.543. The lowest BCUT2D eigenvalue weighted by molar-refractivity contribution is -0.144. The van der Waals surface area contributed by atoms with Crippen molar-refractivity contribution in [3.63, 3.8) is 0 Å². The van der Waals surface area contributed by atoms with Crippen LogP contribution in [0.5, 0.6) is 0 Å². The van der Waals surface area contributed by atoms with Crippen LogP contribution in [0.25, 0.3) is 0 Å². The maximum Gasteiger partial charge on any atom is 0.241 e. The van der Waals surface area contributed by atoms with Crippen LogP contribution in [0.15, 0.2) is 42.9 Å². The van der Waals surface area contributed by atoms with Crippen molar-refractivity contribution in [1.29, 1.82) is 0 Å². The topological polar surface area (TPSA) is 67.4 Å². The Bertz CT molecular complexity index is 791. The largest absolute Gasteiger partial charge is 0.373 e. The predicted molar refractivity (Wildman–Crippen MR) is 107 cm³/mol. The van der Waals surface area contributed by atoms with Crippen molar-refractivity contribution in [3.05, 3.63) is 59.7 Å². The molecule has 2 aliphatic rings. The van der Waals surface area contributed by atoms with Gasteiger partial charge in [-0.25, -0.2) is 0 Å². The first kappa shape index (κ1) is 19.0. The zero-order valence-electron chi connectivity index (χ0n) is 16.6. The molecule has 0 saturated carbocycles. The van der Waals surface area contributed by atoms with E-state index in [1.54, 1.807) is 18.6 Å². The highest BCUT2D eigenvalue weighted by molar-refractivity contribution is 5.88. The van der Waals surface area contributed by atoms with Gasteiger partial charge in [0.1, 0.15) is 5.54 Å². The number of carbonyl (C=O) groups is 1. The number of ether oxygens (including phenoxy) is 1. The van der Waals surface area contributed by atoms with E-state index in [-0.39, 0.29) is 18.1 Å². The van der Waals surface area contributed by atoms with Gasteiger partial charge in [0.15, 0.2) is 0 Å². The molecule has 6 nitrogen and oxygen atoms in total. The number of hydrogen-bond acceptors (Lipinski definition) is 5. The molecule has 1 saturated heterocycles. The van der Waals surface area contributed by atoms with Gasteiger partial charge in [0, 0.05) is 57.5 Å². The molecule has 1 amide bonds. The zero-order chi connectivity index (χ0) is 19.6. The first-order valence-corrected chi connectivity index (χ1v) is 10.1. The fourth-order valence-electron chi connectivity index (χ4n) is 4.58. The van der Waals surface area contributed by atoms with Crippen molar-refractivity contribution in [2.24, 2.45) is 0 Å². The van der Waals surface area contributed by atoms with Gasteiger partial charge in [-0.3, -0.25) is 19.7 Å². The van der Waals surface area contributed by atoms with E-state index in [0.717, 1.165) is 31.6 Å². The minimum Gasteiger partial charge on any atom is -0.373 e. The van der Waals surface area contributed by atoms with Gasteiger partial charge in [-0.2, -0.15) is 0 Å². The molecule has 28 heavy (non-hydrogen) atoms. The fourth-order valence-corrected chi connectivity index (χ4v) is 4.58. The van der Waals surface area contributed by atoms with E-state index >= 15 is 0 Å². The van der Waals surface area contributed by atoms with Crippen LogP contribution in [0.4, 0.5) is 0 Å². The van der Waals surface area contributed by atoms with Gasteiger partial charge in [0.25, 0.3) is 0 Å². The molecule has 148 valence electrons. The number of morpholine rings is 1. The molecule has 0 bridgehead atoms. The molecule has 1 aromatic heterocycles. The highest BCUT2D eigenvalue weighted by Crippen LogP contribution is 2.36. The Hall–Kier alpha value is -2.31. The lowest BCUT2D eigenvalue weighted by Gasteiger charge is -2.45. The third-order valence-corrected chi connectivity index (χ3v) is 5.82. The molecule has 4 rings (SSSR count). The van der Waals surface area contributed by atoms with E-state index in [4.69, 9.17) is 4.74 Å². The van der Waals surface area contributed by atoms with Gasteiger partial charge < -0.3 is 10.1 Å². The standard InChI is InChI=1S/C22H28N4O2/c1-16-14-26(15-17(2)28-16)22(11-18-5-3-4-6-19(18)12-22)21(27)25-8-7-20-13-23-9-10-24-20/h3-6,9-10,13,16-17H,7-8,11-12,14-15H2,1-2H3,(H,25,27)/t16-,17+. The summed E-state index contributed by atoms with van der Waals surface area (Å²) in [6.07, 6.45) is 7.51. The molecule has 2 aromatic rings. The van der Waals surface area contributed by atoms with Gasteiger partial charge in [-0.15, -0.1) is 0 Å². The third kappa shape index (κ3) is 3.80. The zero-order valence-corrected chi connectivity index (χ0v) is 16.6. The van der Waals surface area contributed by atoms with Crippen molar-refractivity contribution in [3.8, 4) is 0 Å². The summed E-state index contributed by atoms with van der Waals surface area (Å²) in [7, 11) is 0. The van der Waals surface area contributed by atoms with Crippen LogP contribution in [0.2, 0.25) is 0 Å². The Labute approximate surface area is 166 Å². The summed E-state index contributed by atoms with van der Waals surface area (Å²) in [4.78, 5) is 24.2. The lowest BCUT2D eigenvalue weighted by Crippen LogP contribution is -2.64. The highest BCUT2D eigenvalue weighted by Gasteiger charge is 2.49. The van der Waals surface area contributed by atoms with Crippen LogP contribution in [-0.4, -0.2) is 58.2 Å². The number of nitrogens with one attached hydrogen (secondary N) is 1. The molecular weight excluding hydrogens is 352 g/mol. The van der Waals surface area contributed by atoms with Crippen LogP contribution < -0.4 is 5.32 Å². The van der Waals surface area contributed by atoms with Gasteiger partial charge in [-0.1, -0.05) is 24.3 Å². The summed E-state index contributed by atoms with van der Waals surface area (Å²) in [5, 5.41) is 3.19. The predicted octanol–water partition coefficient (Wildman–Crippen LogP) is 1.78. The van der Waals surface area contributed by atoms with Crippen LogP contribution in [0.3, 0.4) is 0 Å². The highest BCUT2D eigenvalue weighted by atomic mass is 16.5. The SMILES string of the molecule is C[C@@H]1CN(C2(C(=O)NCCc3cnccn3)Cc3ccccc3C2)C[C@H](C)O1. The van der Waals surface area contributed by atoms with Crippen molar-refractivity contribution in [2.75, 3.05) is 19.6 Å². The van der Waals surface area contributed by atoms with Gasteiger partial charge in [0.2, 0.25) is 5.91 Å². The number of hydrogen-bond donors (Lipinski definition) is 1. The number of carbonyl (C=O) groups excluding carboxylic acids is 1. The van der Waals surface area contributed by atoms with E-state index in [1.807, 2.05) is 0 Å². The molecule has 0 radical (unpaired) electrons. The van der Waals surface area contributed by atoms with Gasteiger partial charge in [-0.05, 0) is 25.0 Å². The molecule has 0 unspecified atom stereocenters. The van der Waals surface area contributed by atoms with E-state index in [9.17, 15) is 4.79 Å². The summed E-state index contributed by atoms with van der Waals surface area (Å²) in [5.74, 6) is 0.105.